The Morgan fingerprint density at radius 3 is 2.56 bits per heavy atom. The Morgan fingerprint density at radius 1 is 1.22 bits per heavy atom. The van der Waals surface area contributed by atoms with Gasteiger partial charge in [-0.1, -0.05) is 12.1 Å². The predicted octanol–water partition coefficient (Wildman–Crippen LogP) is 3.12. The van der Waals surface area contributed by atoms with Gasteiger partial charge < -0.3 is 25.0 Å². The Balaban J connectivity index is 0.00000363. The number of hydrogen-bond donors (Lipinski definition) is 2. The van der Waals surface area contributed by atoms with Gasteiger partial charge in [-0.05, 0) is 77.5 Å². The number of benzene rings is 1. The molecule has 1 atom stereocenters. The summed E-state index contributed by atoms with van der Waals surface area (Å²) in [5, 5.41) is 7.08. The minimum Gasteiger partial charge on any atom is -0.497 e. The van der Waals surface area contributed by atoms with Gasteiger partial charge in [-0.15, -0.1) is 24.0 Å². The summed E-state index contributed by atoms with van der Waals surface area (Å²) in [5.41, 5.74) is 1.36. The number of likely N-dealkylation sites (tertiary alicyclic amines) is 1. The molecule has 0 aliphatic carbocycles. The molecule has 1 aromatic carbocycles. The van der Waals surface area contributed by atoms with Gasteiger partial charge in [-0.3, -0.25) is 9.89 Å². The van der Waals surface area contributed by atoms with E-state index in [-0.39, 0.29) is 29.5 Å². The van der Waals surface area contributed by atoms with E-state index in [1.165, 1.54) is 18.4 Å². The second kappa shape index (κ2) is 13.6. The molecule has 8 heteroatoms. The maximum Gasteiger partial charge on any atom is 0.191 e. The Hall–Kier alpha value is -1.10. The second-order valence-corrected chi connectivity index (χ2v) is 8.84. The Kier molecular flexibility index (Phi) is 11.5. The molecule has 0 spiro atoms. The molecule has 0 radical (unpaired) electrons. The van der Waals surface area contributed by atoms with Crippen molar-refractivity contribution in [1.29, 1.82) is 0 Å². The van der Waals surface area contributed by atoms with E-state index in [9.17, 15) is 0 Å². The van der Waals surface area contributed by atoms with Gasteiger partial charge in [0, 0.05) is 31.8 Å². The topological polar surface area (TPSA) is 61.4 Å². The van der Waals surface area contributed by atoms with Crippen molar-refractivity contribution in [3.63, 3.8) is 0 Å². The first kappa shape index (κ1) is 27.1. The number of aliphatic imine (C=N–C) groups is 1. The Labute approximate surface area is 211 Å². The number of guanidine groups is 1. The summed E-state index contributed by atoms with van der Waals surface area (Å²) >= 11 is 0. The van der Waals surface area contributed by atoms with Crippen molar-refractivity contribution in [3.05, 3.63) is 29.8 Å². The number of nitrogens with zero attached hydrogens (tertiary/aromatic N) is 3. The normalized spacial score (nSPS) is 20.0. The van der Waals surface area contributed by atoms with E-state index in [1.807, 2.05) is 6.07 Å². The molecule has 2 fully saturated rings. The lowest BCUT2D eigenvalue weighted by molar-refractivity contribution is -0.00255. The van der Waals surface area contributed by atoms with Gasteiger partial charge in [0.05, 0.1) is 19.7 Å². The van der Waals surface area contributed by atoms with Crippen molar-refractivity contribution in [3.8, 4) is 5.75 Å². The number of ether oxygens (including phenoxy) is 2. The summed E-state index contributed by atoms with van der Waals surface area (Å²) in [5.74, 6) is 1.80. The molecule has 7 nitrogen and oxygen atoms in total. The van der Waals surface area contributed by atoms with Gasteiger partial charge >= 0.3 is 0 Å². The average molecular weight is 560 g/mol. The highest BCUT2D eigenvalue weighted by molar-refractivity contribution is 14.0. The first-order valence-corrected chi connectivity index (χ1v) is 11.7. The molecule has 182 valence electrons. The van der Waals surface area contributed by atoms with Crippen LogP contribution in [0.25, 0.3) is 0 Å². The Morgan fingerprint density at radius 2 is 1.94 bits per heavy atom. The van der Waals surface area contributed by atoms with Crippen LogP contribution in [0.5, 0.6) is 5.75 Å². The predicted molar refractivity (Wildman–Crippen MR) is 142 cm³/mol. The van der Waals surface area contributed by atoms with Crippen molar-refractivity contribution in [2.45, 2.75) is 44.2 Å². The highest BCUT2D eigenvalue weighted by Gasteiger charge is 2.34. The number of nitrogens with one attached hydrogen (secondary N) is 2. The first-order chi connectivity index (χ1) is 15.1. The van der Waals surface area contributed by atoms with Crippen LogP contribution in [0.15, 0.2) is 29.3 Å². The van der Waals surface area contributed by atoms with Crippen molar-refractivity contribution in [2.75, 3.05) is 67.1 Å². The number of halogens is 1. The van der Waals surface area contributed by atoms with Crippen LogP contribution in [0.1, 0.15) is 44.2 Å². The van der Waals surface area contributed by atoms with E-state index in [4.69, 9.17) is 14.5 Å². The summed E-state index contributed by atoms with van der Waals surface area (Å²) < 4.78 is 11.1. The standard InChI is InChI=1S/C24H41N5O2.HI/c1-5-25-23(27-19-24(28(2)3)11-15-31-16-12-24)26-18-22(29-13-6-7-14-29)20-9-8-10-21(17-20)30-4;/h8-10,17,22H,5-7,11-16,18-19H2,1-4H3,(H2,25,26,27);1H. The molecule has 0 bridgehead atoms. The van der Waals surface area contributed by atoms with E-state index >= 15 is 0 Å². The minimum atomic E-state index is 0. The van der Waals surface area contributed by atoms with Crippen molar-refractivity contribution in [1.82, 2.24) is 20.4 Å². The van der Waals surface area contributed by atoms with Gasteiger partial charge in [0.2, 0.25) is 0 Å². The van der Waals surface area contributed by atoms with E-state index in [0.717, 1.165) is 70.5 Å². The quantitative estimate of drug-likeness (QED) is 0.276. The van der Waals surface area contributed by atoms with Crippen molar-refractivity contribution < 1.29 is 9.47 Å². The summed E-state index contributed by atoms with van der Waals surface area (Å²) in [6.07, 6.45) is 4.57. The zero-order valence-electron chi connectivity index (χ0n) is 20.2. The van der Waals surface area contributed by atoms with Crippen molar-refractivity contribution in [2.24, 2.45) is 4.99 Å². The molecule has 1 aromatic rings. The molecule has 2 saturated heterocycles. The Bertz CT molecular complexity index is 703. The minimum absolute atomic E-state index is 0. The molecule has 1 unspecified atom stereocenters. The lowest BCUT2D eigenvalue weighted by Gasteiger charge is -2.41. The molecule has 3 rings (SSSR count). The fourth-order valence-corrected chi connectivity index (χ4v) is 4.62. The zero-order valence-corrected chi connectivity index (χ0v) is 22.6. The molecule has 2 aliphatic rings. The monoisotopic (exact) mass is 559 g/mol. The van der Waals surface area contributed by atoms with Gasteiger partial charge in [0.25, 0.3) is 0 Å². The maximum absolute atomic E-state index is 5.61. The van der Waals surface area contributed by atoms with Crippen LogP contribution in [0.2, 0.25) is 0 Å². The largest absolute Gasteiger partial charge is 0.497 e. The molecule has 2 N–H and O–H groups in total. The van der Waals surface area contributed by atoms with Crippen LogP contribution in [-0.4, -0.2) is 88.4 Å². The molecule has 0 aromatic heterocycles. The fourth-order valence-electron chi connectivity index (χ4n) is 4.62. The summed E-state index contributed by atoms with van der Waals surface area (Å²) in [7, 11) is 6.05. The van der Waals surface area contributed by atoms with Gasteiger partial charge in [0.1, 0.15) is 5.75 Å². The van der Waals surface area contributed by atoms with Crippen LogP contribution in [0.4, 0.5) is 0 Å². The molecular weight excluding hydrogens is 517 g/mol. The van der Waals surface area contributed by atoms with Crippen LogP contribution < -0.4 is 15.4 Å². The van der Waals surface area contributed by atoms with Crippen LogP contribution in [0.3, 0.4) is 0 Å². The molecule has 0 amide bonds. The van der Waals surface area contributed by atoms with Crippen molar-refractivity contribution >= 4 is 29.9 Å². The first-order valence-electron chi connectivity index (χ1n) is 11.7. The molecule has 2 aliphatic heterocycles. The maximum atomic E-state index is 5.61. The van der Waals surface area contributed by atoms with Crippen LogP contribution in [-0.2, 0) is 4.74 Å². The highest BCUT2D eigenvalue weighted by atomic mass is 127. The number of likely N-dealkylation sites (N-methyl/N-ethyl adjacent to an activating group) is 1. The van der Waals surface area contributed by atoms with Crippen LogP contribution in [0, 0.1) is 0 Å². The average Bonchev–Trinajstić information content (AvgIpc) is 3.33. The summed E-state index contributed by atoms with van der Waals surface area (Å²) in [6.45, 7) is 8.45. The van der Waals surface area contributed by atoms with E-state index in [0.29, 0.717) is 6.04 Å². The zero-order chi connectivity index (χ0) is 22.1. The van der Waals surface area contributed by atoms with Gasteiger partial charge in [0.15, 0.2) is 5.96 Å². The third-order valence-electron chi connectivity index (χ3n) is 6.77. The number of hydrogen-bond acceptors (Lipinski definition) is 5. The van der Waals surface area contributed by atoms with E-state index in [2.05, 4.69) is 59.7 Å². The molecular formula is C24H42IN5O2. The molecule has 32 heavy (non-hydrogen) atoms. The lowest BCUT2D eigenvalue weighted by Crippen LogP contribution is -2.52. The number of rotatable bonds is 9. The number of methoxy groups -OCH3 is 1. The molecule has 2 heterocycles. The molecule has 0 saturated carbocycles. The fraction of sp³-hybridized carbons (Fsp3) is 0.708. The third-order valence-corrected chi connectivity index (χ3v) is 6.77. The summed E-state index contributed by atoms with van der Waals surface area (Å²) in [6, 6.07) is 8.77. The van der Waals surface area contributed by atoms with Gasteiger partial charge in [-0.25, -0.2) is 0 Å². The lowest BCUT2D eigenvalue weighted by atomic mass is 9.89. The smallest absolute Gasteiger partial charge is 0.191 e. The van der Waals surface area contributed by atoms with Gasteiger partial charge in [-0.2, -0.15) is 0 Å². The SMILES string of the molecule is CCNC(=NCC1(N(C)C)CCOCC1)NCC(c1cccc(OC)c1)N1CCCC1.I. The highest BCUT2D eigenvalue weighted by Crippen LogP contribution is 2.28. The second-order valence-electron chi connectivity index (χ2n) is 8.84. The third kappa shape index (κ3) is 7.20. The summed E-state index contributed by atoms with van der Waals surface area (Å²) in [4.78, 5) is 9.91. The van der Waals surface area contributed by atoms with E-state index < -0.39 is 0 Å². The van der Waals surface area contributed by atoms with Crippen LogP contribution >= 0.6 is 24.0 Å². The van der Waals surface area contributed by atoms with E-state index in [1.54, 1.807) is 7.11 Å².